The van der Waals surface area contributed by atoms with Crippen LogP contribution < -0.4 is 4.74 Å². The topological polar surface area (TPSA) is 18.5 Å². The van der Waals surface area contributed by atoms with Crippen LogP contribution in [-0.2, 0) is 11.2 Å². The minimum atomic E-state index is 0.0117. The molecule has 2 nitrogen and oxygen atoms in total. The molecule has 1 aliphatic heterocycles. The Morgan fingerprint density at radius 3 is 2.89 bits per heavy atom. The molecule has 0 bridgehead atoms. The van der Waals surface area contributed by atoms with E-state index in [9.17, 15) is 0 Å². The molecule has 2 rings (SSSR count). The zero-order chi connectivity index (χ0) is 13.0. The third kappa shape index (κ3) is 3.11. The van der Waals surface area contributed by atoms with Crippen LogP contribution in [0, 0.1) is 5.41 Å². The van der Waals surface area contributed by atoms with Gasteiger partial charge >= 0.3 is 0 Å². The number of methoxy groups -OCH3 is 1. The van der Waals surface area contributed by atoms with Gasteiger partial charge in [-0.05, 0) is 43.0 Å². The van der Waals surface area contributed by atoms with E-state index >= 15 is 0 Å². The summed E-state index contributed by atoms with van der Waals surface area (Å²) in [6.45, 7) is 1.55. The SMILES string of the molecule is COc1ccc(Cl)cc1CC1(CCl)CCCOC1. The molecule has 1 aromatic rings. The first-order chi connectivity index (χ1) is 8.69. The second-order valence-electron chi connectivity index (χ2n) is 4.92. The molecule has 0 N–H and O–H groups in total. The number of hydrogen-bond acceptors (Lipinski definition) is 2. The molecule has 1 heterocycles. The van der Waals surface area contributed by atoms with E-state index in [-0.39, 0.29) is 5.41 Å². The van der Waals surface area contributed by atoms with Gasteiger partial charge in [0, 0.05) is 22.9 Å². The van der Waals surface area contributed by atoms with Crippen LogP contribution >= 0.6 is 23.2 Å². The van der Waals surface area contributed by atoms with Gasteiger partial charge in [0.15, 0.2) is 0 Å². The van der Waals surface area contributed by atoms with Gasteiger partial charge in [0.05, 0.1) is 13.7 Å². The molecule has 18 heavy (non-hydrogen) atoms. The summed E-state index contributed by atoms with van der Waals surface area (Å²) in [5.41, 5.74) is 1.12. The Labute approximate surface area is 118 Å². The average molecular weight is 289 g/mol. The van der Waals surface area contributed by atoms with Crippen molar-refractivity contribution in [2.24, 2.45) is 5.41 Å². The third-order valence-corrected chi connectivity index (χ3v) is 4.30. The number of ether oxygens (including phenoxy) is 2. The van der Waals surface area contributed by atoms with Gasteiger partial charge in [-0.15, -0.1) is 11.6 Å². The van der Waals surface area contributed by atoms with E-state index in [4.69, 9.17) is 32.7 Å². The molecule has 1 aliphatic rings. The van der Waals surface area contributed by atoms with Crippen LogP contribution in [-0.4, -0.2) is 26.2 Å². The van der Waals surface area contributed by atoms with Gasteiger partial charge < -0.3 is 9.47 Å². The minimum Gasteiger partial charge on any atom is -0.496 e. The maximum absolute atomic E-state index is 6.17. The van der Waals surface area contributed by atoms with E-state index in [1.807, 2.05) is 18.2 Å². The lowest BCUT2D eigenvalue weighted by molar-refractivity contribution is 0.00454. The highest BCUT2D eigenvalue weighted by molar-refractivity contribution is 6.30. The normalized spacial score (nSPS) is 23.9. The molecule has 0 spiro atoms. The summed E-state index contributed by atoms with van der Waals surface area (Å²) < 4.78 is 11.0. The Morgan fingerprint density at radius 2 is 2.28 bits per heavy atom. The first-order valence-corrected chi connectivity index (χ1v) is 7.06. The number of rotatable bonds is 4. The zero-order valence-corrected chi connectivity index (χ0v) is 12.1. The summed E-state index contributed by atoms with van der Waals surface area (Å²) in [4.78, 5) is 0. The molecule has 4 heteroatoms. The van der Waals surface area contributed by atoms with E-state index in [0.717, 1.165) is 42.2 Å². The molecule has 1 atom stereocenters. The van der Waals surface area contributed by atoms with E-state index in [1.54, 1.807) is 7.11 Å². The van der Waals surface area contributed by atoms with E-state index < -0.39 is 0 Å². The second kappa shape index (κ2) is 6.14. The number of alkyl halides is 1. The van der Waals surface area contributed by atoms with E-state index in [0.29, 0.717) is 12.5 Å². The molecule has 1 unspecified atom stereocenters. The predicted molar refractivity (Wildman–Crippen MR) is 74.9 cm³/mol. The fraction of sp³-hybridized carbons (Fsp3) is 0.571. The third-order valence-electron chi connectivity index (χ3n) is 3.50. The smallest absolute Gasteiger partial charge is 0.122 e. The van der Waals surface area contributed by atoms with E-state index in [1.165, 1.54) is 0 Å². The largest absolute Gasteiger partial charge is 0.496 e. The molecule has 1 saturated heterocycles. The average Bonchev–Trinajstić information content (AvgIpc) is 2.40. The summed E-state index contributed by atoms with van der Waals surface area (Å²) >= 11 is 12.2. The zero-order valence-electron chi connectivity index (χ0n) is 10.5. The molecule has 100 valence electrons. The predicted octanol–water partition coefficient (Wildman–Crippen LogP) is 3.93. The van der Waals surface area contributed by atoms with Gasteiger partial charge in [0.25, 0.3) is 0 Å². The fourth-order valence-corrected chi connectivity index (χ4v) is 2.99. The highest BCUT2D eigenvalue weighted by atomic mass is 35.5. The Bertz CT molecular complexity index is 401. The van der Waals surface area contributed by atoms with Gasteiger partial charge in [0.1, 0.15) is 5.75 Å². The first-order valence-electron chi connectivity index (χ1n) is 6.15. The summed E-state index contributed by atoms with van der Waals surface area (Å²) in [7, 11) is 1.68. The lowest BCUT2D eigenvalue weighted by atomic mass is 9.79. The Kier molecular flexibility index (Phi) is 4.77. The molecule has 1 fully saturated rings. The molecular weight excluding hydrogens is 271 g/mol. The molecular formula is C14H18Cl2O2. The highest BCUT2D eigenvalue weighted by Gasteiger charge is 2.33. The maximum atomic E-state index is 6.17. The van der Waals surface area contributed by atoms with Crippen molar-refractivity contribution in [2.75, 3.05) is 26.2 Å². The monoisotopic (exact) mass is 288 g/mol. The maximum Gasteiger partial charge on any atom is 0.122 e. The molecule has 0 aromatic heterocycles. The first kappa shape index (κ1) is 14.0. The number of benzene rings is 1. The summed E-state index contributed by atoms with van der Waals surface area (Å²) in [6, 6.07) is 5.71. The van der Waals surface area contributed by atoms with Crippen LogP contribution in [0.15, 0.2) is 18.2 Å². The van der Waals surface area contributed by atoms with Crippen molar-refractivity contribution >= 4 is 23.2 Å². The van der Waals surface area contributed by atoms with Crippen molar-refractivity contribution in [3.8, 4) is 5.75 Å². The standard InChI is InChI=1S/C14H18Cl2O2/c1-17-13-4-3-12(16)7-11(13)8-14(9-15)5-2-6-18-10-14/h3-4,7H,2,5-6,8-10H2,1H3. The lowest BCUT2D eigenvalue weighted by Crippen LogP contribution is -2.35. The molecule has 0 aliphatic carbocycles. The van der Waals surface area contributed by atoms with Crippen LogP contribution in [0.4, 0.5) is 0 Å². The summed E-state index contributed by atoms with van der Waals surface area (Å²) in [5.74, 6) is 1.47. The van der Waals surface area contributed by atoms with Crippen LogP contribution in [0.3, 0.4) is 0 Å². The van der Waals surface area contributed by atoms with Crippen molar-refractivity contribution in [1.82, 2.24) is 0 Å². The van der Waals surface area contributed by atoms with Gasteiger partial charge in [-0.2, -0.15) is 0 Å². The van der Waals surface area contributed by atoms with Crippen molar-refractivity contribution < 1.29 is 9.47 Å². The van der Waals surface area contributed by atoms with Crippen LogP contribution in [0.5, 0.6) is 5.75 Å². The van der Waals surface area contributed by atoms with E-state index in [2.05, 4.69) is 0 Å². The Balaban J connectivity index is 2.23. The van der Waals surface area contributed by atoms with Crippen molar-refractivity contribution in [2.45, 2.75) is 19.3 Å². The van der Waals surface area contributed by atoms with Crippen molar-refractivity contribution in [3.05, 3.63) is 28.8 Å². The van der Waals surface area contributed by atoms with Crippen molar-refractivity contribution in [3.63, 3.8) is 0 Å². The van der Waals surface area contributed by atoms with Crippen molar-refractivity contribution in [1.29, 1.82) is 0 Å². The fourth-order valence-electron chi connectivity index (χ4n) is 2.49. The molecule has 1 aromatic carbocycles. The lowest BCUT2D eigenvalue weighted by Gasteiger charge is -2.35. The number of halogens is 2. The summed E-state index contributed by atoms with van der Waals surface area (Å²) in [5, 5.41) is 0.729. The van der Waals surface area contributed by atoms with Gasteiger partial charge in [-0.25, -0.2) is 0 Å². The van der Waals surface area contributed by atoms with Crippen LogP contribution in [0.1, 0.15) is 18.4 Å². The quantitative estimate of drug-likeness (QED) is 0.782. The molecule has 0 radical (unpaired) electrons. The molecule has 0 saturated carbocycles. The number of hydrogen-bond donors (Lipinski definition) is 0. The highest BCUT2D eigenvalue weighted by Crippen LogP contribution is 2.37. The van der Waals surface area contributed by atoms with Crippen LogP contribution in [0.25, 0.3) is 0 Å². The van der Waals surface area contributed by atoms with Gasteiger partial charge in [-0.3, -0.25) is 0 Å². The van der Waals surface area contributed by atoms with Gasteiger partial charge in [0.2, 0.25) is 0 Å². The Hall–Kier alpha value is -0.440. The minimum absolute atomic E-state index is 0.0117. The van der Waals surface area contributed by atoms with Gasteiger partial charge in [-0.1, -0.05) is 11.6 Å². The molecule has 0 amide bonds. The second-order valence-corrected chi connectivity index (χ2v) is 5.63. The Morgan fingerprint density at radius 1 is 1.44 bits per heavy atom. The van der Waals surface area contributed by atoms with Crippen LogP contribution in [0.2, 0.25) is 5.02 Å². The summed E-state index contributed by atoms with van der Waals surface area (Å²) in [6.07, 6.45) is 3.00.